The zero-order chi connectivity index (χ0) is 18.7. The molecule has 0 bridgehead atoms. The molecule has 0 spiro atoms. The zero-order valence-electron chi connectivity index (χ0n) is 14.6. The summed E-state index contributed by atoms with van der Waals surface area (Å²) < 4.78 is 0. The first-order valence-electron chi connectivity index (χ1n) is 8.89. The van der Waals surface area contributed by atoms with Crippen LogP contribution in [-0.4, -0.2) is 16.0 Å². The normalized spacial score (nSPS) is 15.4. The van der Waals surface area contributed by atoms with E-state index < -0.39 is 5.60 Å². The van der Waals surface area contributed by atoms with Crippen molar-refractivity contribution in [1.29, 1.82) is 0 Å². The van der Waals surface area contributed by atoms with E-state index in [9.17, 15) is 9.90 Å². The largest absolute Gasteiger partial charge is 0.324 e. The number of rotatable bonds is 4. The van der Waals surface area contributed by atoms with E-state index in [0.717, 1.165) is 23.3 Å². The van der Waals surface area contributed by atoms with Crippen LogP contribution in [0, 0.1) is 0 Å². The molecule has 27 heavy (non-hydrogen) atoms. The van der Waals surface area contributed by atoms with E-state index in [1.165, 1.54) is 11.3 Å². The van der Waals surface area contributed by atoms with Crippen LogP contribution in [0.25, 0.3) is 10.4 Å². The highest BCUT2D eigenvalue weighted by atomic mass is 32.1. The molecule has 7 heteroatoms. The van der Waals surface area contributed by atoms with Gasteiger partial charge in [-0.3, -0.25) is 5.32 Å². The highest BCUT2D eigenvalue weighted by Crippen LogP contribution is 2.42. The van der Waals surface area contributed by atoms with Gasteiger partial charge in [-0.15, -0.1) is 11.3 Å². The molecule has 0 atom stereocenters. The number of thiazole rings is 1. The van der Waals surface area contributed by atoms with E-state index in [2.05, 4.69) is 20.6 Å². The number of carbonyl (C=O) groups excluding carboxylic acids is 1. The summed E-state index contributed by atoms with van der Waals surface area (Å²) in [4.78, 5) is 21.6. The van der Waals surface area contributed by atoms with Crippen molar-refractivity contribution < 1.29 is 9.90 Å². The van der Waals surface area contributed by atoms with E-state index in [4.69, 9.17) is 0 Å². The van der Waals surface area contributed by atoms with Gasteiger partial charge in [0.05, 0.1) is 4.88 Å². The maximum Gasteiger partial charge on any atom is 0.324 e. The van der Waals surface area contributed by atoms with Gasteiger partial charge in [0.1, 0.15) is 10.8 Å². The fraction of sp³-hybridized carbons (Fsp3) is 0.250. The Balaban J connectivity index is 1.42. The van der Waals surface area contributed by atoms with E-state index in [1.807, 2.05) is 36.4 Å². The molecular formula is C20H19N4O2S. The van der Waals surface area contributed by atoms with Gasteiger partial charge in [0.15, 0.2) is 5.60 Å². The molecule has 0 unspecified atom stereocenters. The summed E-state index contributed by atoms with van der Waals surface area (Å²) in [5.74, 6) is 0.452. The summed E-state index contributed by atoms with van der Waals surface area (Å²) in [7, 11) is 0. The number of para-hydroxylation sites is 1. The molecule has 1 aliphatic carbocycles. The van der Waals surface area contributed by atoms with Gasteiger partial charge in [-0.25, -0.2) is 19.9 Å². The lowest BCUT2D eigenvalue weighted by molar-refractivity contribution is -0.0290. The minimum Gasteiger partial charge on any atom is -0.308 e. The second kappa shape index (κ2) is 7.46. The van der Waals surface area contributed by atoms with Crippen molar-refractivity contribution in [3.8, 4) is 10.4 Å². The van der Waals surface area contributed by atoms with Crippen molar-refractivity contribution in [3.63, 3.8) is 0 Å². The number of hydrogen-bond acceptors (Lipinski definition) is 4. The Labute approximate surface area is 161 Å². The van der Waals surface area contributed by atoms with Gasteiger partial charge in [0.25, 0.3) is 0 Å². The molecule has 2 amide bonds. The highest BCUT2D eigenvalue weighted by Gasteiger charge is 2.38. The molecular weight excluding hydrogens is 360 g/mol. The van der Waals surface area contributed by atoms with Crippen molar-refractivity contribution >= 4 is 28.9 Å². The molecule has 2 aromatic heterocycles. The summed E-state index contributed by atoms with van der Waals surface area (Å²) in [6.45, 7) is 0. The minimum absolute atomic E-state index is 0.351. The number of nitrogens with zero attached hydrogens (tertiary/aromatic N) is 2. The molecule has 0 aliphatic heterocycles. The quantitative estimate of drug-likeness (QED) is 0.665. The first-order chi connectivity index (χ1) is 13.1. The Morgan fingerprint density at radius 3 is 2.44 bits per heavy atom. The SMILES string of the molecule is [O]C1(c2ncc(-c3ccc(NC(=O)Nc4ccccc4)nc3)s2)CCCC1. The Bertz CT molecular complexity index is 919. The van der Waals surface area contributed by atoms with Crippen molar-refractivity contribution in [3.05, 3.63) is 59.9 Å². The third kappa shape index (κ3) is 3.99. The van der Waals surface area contributed by atoms with Crippen LogP contribution in [-0.2, 0) is 10.7 Å². The Kier molecular flexibility index (Phi) is 4.87. The van der Waals surface area contributed by atoms with Crippen LogP contribution in [0.4, 0.5) is 16.3 Å². The lowest BCUT2D eigenvalue weighted by Crippen LogP contribution is -2.19. The zero-order valence-corrected chi connectivity index (χ0v) is 15.5. The van der Waals surface area contributed by atoms with Gasteiger partial charge in [-0.1, -0.05) is 18.2 Å². The lowest BCUT2D eigenvalue weighted by atomic mass is 10.0. The van der Waals surface area contributed by atoms with Crippen LogP contribution in [0.5, 0.6) is 0 Å². The van der Waals surface area contributed by atoms with E-state index in [-0.39, 0.29) is 6.03 Å². The molecule has 0 saturated heterocycles. The van der Waals surface area contributed by atoms with Crippen LogP contribution in [0.1, 0.15) is 30.7 Å². The van der Waals surface area contributed by atoms with Gasteiger partial charge < -0.3 is 5.32 Å². The number of amides is 2. The van der Waals surface area contributed by atoms with Gasteiger partial charge >= 0.3 is 6.03 Å². The Morgan fingerprint density at radius 2 is 1.74 bits per heavy atom. The number of hydrogen-bond donors (Lipinski definition) is 2. The van der Waals surface area contributed by atoms with Crippen LogP contribution in [0.3, 0.4) is 0 Å². The molecule has 4 rings (SSSR count). The van der Waals surface area contributed by atoms with Crippen LogP contribution >= 0.6 is 11.3 Å². The number of aromatic nitrogens is 2. The summed E-state index contributed by atoms with van der Waals surface area (Å²) >= 11 is 1.44. The highest BCUT2D eigenvalue weighted by molar-refractivity contribution is 7.15. The van der Waals surface area contributed by atoms with E-state index in [0.29, 0.717) is 29.4 Å². The molecule has 2 heterocycles. The standard InChI is InChI=1S/C20H19N4O2S/c25-19(23-15-6-2-1-3-7-15)24-17-9-8-14(12-21-17)16-13-22-18(27-16)20(26)10-4-5-11-20/h1-3,6-9,12-13H,4-5,10-11H2,(H2,21,23,24,25). The maximum absolute atomic E-state index is 12.8. The van der Waals surface area contributed by atoms with Gasteiger partial charge in [0.2, 0.25) is 0 Å². The Morgan fingerprint density at radius 1 is 0.963 bits per heavy atom. The number of urea groups is 1. The van der Waals surface area contributed by atoms with Crippen molar-refractivity contribution in [2.45, 2.75) is 31.3 Å². The molecule has 137 valence electrons. The van der Waals surface area contributed by atoms with Gasteiger partial charge in [0, 0.05) is 23.6 Å². The van der Waals surface area contributed by atoms with Crippen LogP contribution < -0.4 is 10.6 Å². The van der Waals surface area contributed by atoms with E-state index in [1.54, 1.807) is 18.5 Å². The first kappa shape index (κ1) is 17.6. The summed E-state index contributed by atoms with van der Waals surface area (Å²) in [6.07, 6.45) is 6.71. The molecule has 1 aromatic carbocycles. The van der Waals surface area contributed by atoms with E-state index >= 15 is 0 Å². The monoisotopic (exact) mass is 379 g/mol. The predicted octanol–water partition coefficient (Wildman–Crippen LogP) is 5.05. The minimum atomic E-state index is -1.02. The lowest BCUT2D eigenvalue weighted by Gasteiger charge is -2.14. The number of nitrogens with one attached hydrogen (secondary N) is 2. The predicted molar refractivity (Wildman–Crippen MR) is 105 cm³/mol. The van der Waals surface area contributed by atoms with Crippen LogP contribution in [0.2, 0.25) is 0 Å². The smallest absolute Gasteiger partial charge is 0.308 e. The number of pyridine rings is 1. The fourth-order valence-electron chi connectivity index (χ4n) is 3.19. The summed E-state index contributed by atoms with van der Waals surface area (Å²) in [6, 6.07) is 12.5. The summed E-state index contributed by atoms with van der Waals surface area (Å²) in [5.41, 5.74) is 0.574. The maximum atomic E-state index is 12.8. The molecule has 2 N–H and O–H groups in total. The topological polar surface area (TPSA) is 86.8 Å². The van der Waals surface area contributed by atoms with Gasteiger partial charge in [-0.05, 0) is 49.9 Å². The van der Waals surface area contributed by atoms with Crippen molar-refractivity contribution in [2.75, 3.05) is 10.6 Å². The fourth-order valence-corrected chi connectivity index (χ4v) is 4.24. The van der Waals surface area contributed by atoms with Crippen molar-refractivity contribution in [2.24, 2.45) is 0 Å². The average molecular weight is 379 g/mol. The third-order valence-electron chi connectivity index (χ3n) is 4.63. The number of benzene rings is 1. The average Bonchev–Trinajstić information content (AvgIpc) is 3.33. The number of carbonyl (C=O) groups is 1. The molecule has 1 aliphatic rings. The Hall–Kier alpha value is -2.77. The third-order valence-corrected chi connectivity index (χ3v) is 5.86. The number of anilines is 2. The van der Waals surface area contributed by atoms with Crippen molar-refractivity contribution in [1.82, 2.24) is 9.97 Å². The molecule has 3 aromatic rings. The van der Waals surface area contributed by atoms with Crippen LogP contribution in [0.15, 0.2) is 54.9 Å². The molecule has 1 saturated carbocycles. The second-order valence-corrected chi connectivity index (χ2v) is 7.64. The molecule has 6 nitrogen and oxygen atoms in total. The summed E-state index contributed by atoms with van der Waals surface area (Å²) in [5, 5.41) is 18.9. The van der Waals surface area contributed by atoms with Gasteiger partial charge in [-0.2, -0.15) is 0 Å². The molecule has 1 radical (unpaired) electrons. The second-order valence-electron chi connectivity index (χ2n) is 6.61. The molecule has 1 fully saturated rings. The first-order valence-corrected chi connectivity index (χ1v) is 9.70.